The van der Waals surface area contributed by atoms with Gasteiger partial charge in [0.2, 0.25) is 10.0 Å². The SMILES string of the molecule is CC#CCN(C)S(=O)(=O)c1ccc(C(=O)O)cc1OC. The molecule has 0 bridgehead atoms. The second-order valence-corrected chi connectivity index (χ2v) is 5.87. The van der Waals surface area contributed by atoms with Crippen molar-refractivity contribution in [2.75, 3.05) is 20.7 Å². The van der Waals surface area contributed by atoms with Crippen LogP contribution >= 0.6 is 0 Å². The van der Waals surface area contributed by atoms with E-state index in [1.165, 1.54) is 32.4 Å². The molecule has 0 aliphatic carbocycles. The molecule has 7 heteroatoms. The quantitative estimate of drug-likeness (QED) is 0.821. The highest BCUT2D eigenvalue weighted by Crippen LogP contribution is 2.27. The third-order valence-electron chi connectivity index (χ3n) is 2.58. The van der Waals surface area contributed by atoms with Gasteiger partial charge in [0.1, 0.15) is 10.6 Å². The summed E-state index contributed by atoms with van der Waals surface area (Å²) in [6.45, 7) is 1.66. The topological polar surface area (TPSA) is 83.9 Å². The summed E-state index contributed by atoms with van der Waals surface area (Å²) in [6.07, 6.45) is 0. The molecule has 0 aliphatic rings. The molecule has 0 spiro atoms. The molecule has 1 N–H and O–H groups in total. The lowest BCUT2D eigenvalue weighted by Gasteiger charge is -2.16. The molecule has 0 unspecified atom stereocenters. The highest BCUT2D eigenvalue weighted by Gasteiger charge is 2.25. The number of hydrogen-bond donors (Lipinski definition) is 1. The summed E-state index contributed by atoms with van der Waals surface area (Å²) in [4.78, 5) is 10.8. The van der Waals surface area contributed by atoms with Crippen molar-refractivity contribution in [2.24, 2.45) is 0 Å². The molecular formula is C13H15NO5S. The van der Waals surface area contributed by atoms with Gasteiger partial charge in [-0.2, -0.15) is 4.31 Å². The van der Waals surface area contributed by atoms with Crippen LogP contribution in [-0.2, 0) is 10.0 Å². The maximum Gasteiger partial charge on any atom is 0.335 e. The Morgan fingerprint density at radius 3 is 2.60 bits per heavy atom. The maximum atomic E-state index is 12.3. The molecule has 20 heavy (non-hydrogen) atoms. The summed E-state index contributed by atoms with van der Waals surface area (Å²) in [6, 6.07) is 3.61. The van der Waals surface area contributed by atoms with Gasteiger partial charge in [0, 0.05) is 7.05 Å². The number of benzene rings is 1. The monoisotopic (exact) mass is 297 g/mol. The van der Waals surface area contributed by atoms with Crippen molar-refractivity contribution in [3.63, 3.8) is 0 Å². The van der Waals surface area contributed by atoms with Crippen molar-refractivity contribution in [1.29, 1.82) is 0 Å². The lowest BCUT2D eigenvalue weighted by atomic mass is 10.2. The number of ether oxygens (including phenoxy) is 1. The molecule has 1 rings (SSSR count). The van der Waals surface area contributed by atoms with Crippen molar-refractivity contribution < 1.29 is 23.1 Å². The number of carbonyl (C=O) groups is 1. The maximum absolute atomic E-state index is 12.3. The minimum Gasteiger partial charge on any atom is -0.495 e. The molecule has 0 saturated carbocycles. The highest BCUT2D eigenvalue weighted by molar-refractivity contribution is 7.89. The van der Waals surface area contributed by atoms with E-state index in [2.05, 4.69) is 11.8 Å². The third kappa shape index (κ3) is 3.29. The lowest BCUT2D eigenvalue weighted by molar-refractivity contribution is 0.0696. The second kappa shape index (κ2) is 6.41. The Morgan fingerprint density at radius 1 is 1.45 bits per heavy atom. The first-order valence-electron chi connectivity index (χ1n) is 5.62. The van der Waals surface area contributed by atoms with Gasteiger partial charge in [-0.25, -0.2) is 13.2 Å². The molecule has 1 aromatic rings. The molecule has 6 nitrogen and oxygen atoms in total. The number of carboxylic acid groups (broad SMARTS) is 1. The Labute approximate surface area is 118 Å². The van der Waals surface area contributed by atoms with Crippen molar-refractivity contribution in [1.82, 2.24) is 4.31 Å². The van der Waals surface area contributed by atoms with E-state index in [4.69, 9.17) is 9.84 Å². The summed E-state index contributed by atoms with van der Waals surface area (Å²) in [7, 11) is -1.11. The first-order valence-corrected chi connectivity index (χ1v) is 7.06. The van der Waals surface area contributed by atoms with Crippen LogP contribution in [0.25, 0.3) is 0 Å². The predicted octanol–water partition coefficient (Wildman–Crippen LogP) is 1.04. The normalized spacial score (nSPS) is 10.8. The summed E-state index contributed by atoms with van der Waals surface area (Å²) < 4.78 is 30.7. The molecule has 0 atom stereocenters. The van der Waals surface area contributed by atoms with Gasteiger partial charge in [0.25, 0.3) is 0 Å². The Bertz CT molecular complexity index is 670. The van der Waals surface area contributed by atoms with Crippen molar-refractivity contribution >= 4 is 16.0 Å². The Hall–Kier alpha value is -2.04. The van der Waals surface area contributed by atoms with Crippen LogP contribution < -0.4 is 4.74 Å². The van der Waals surface area contributed by atoms with E-state index in [-0.39, 0.29) is 22.8 Å². The average Bonchev–Trinajstić information content (AvgIpc) is 2.43. The molecule has 0 saturated heterocycles. The van der Waals surface area contributed by atoms with E-state index in [1.54, 1.807) is 6.92 Å². The van der Waals surface area contributed by atoms with E-state index in [9.17, 15) is 13.2 Å². The van der Waals surface area contributed by atoms with Crippen LogP contribution in [0.5, 0.6) is 5.75 Å². The van der Waals surface area contributed by atoms with E-state index in [0.29, 0.717) is 0 Å². The average molecular weight is 297 g/mol. The fourth-order valence-corrected chi connectivity index (χ4v) is 2.66. The number of aromatic carboxylic acids is 1. The number of carboxylic acids is 1. The van der Waals surface area contributed by atoms with Crippen LogP contribution in [0.3, 0.4) is 0 Å². The minimum absolute atomic E-state index is 0.0128. The first-order chi connectivity index (χ1) is 9.34. The third-order valence-corrected chi connectivity index (χ3v) is 4.42. The smallest absolute Gasteiger partial charge is 0.335 e. The van der Waals surface area contributed by atoms with Crippen LogP contribution in [0.2, 0.25) is 0 Å². The number of hydrogen-bond acceptors (Lipinski definition) is 4. The van der Waals surface area contributed by atoms with Crippen LogP contribution in [0.15, 0.2) is 23.1 Å². The number of nitrogens with zero attached hydrogens (tertiary/aromatic N) is 1. The fourth-order valence-electron chi connectivity index (χ4n) is 1.46. The van der Waals surface area contributed by atoms with Gasteiger partial charge in [-0.15, -0.1) is 5.92 Å². The zero-order chi connectivity index (χ0) is 15.3. The van der Waals surface area contributed by atoms with E-state index >= 15 is 0 Å². The minimum atomic E-state index is -3.78. The standard InChI is InChI=1S/C13H15NO5S/c1-4-5-8-14(2)20(17,18)12-7-6-10(13(15)16)9-11(12)19-3/h6-7,9H,8H2,1-3H3,(H,15,16). The second-order valence-electron chi connectivity index (χ2n) is 3.86. The molecule has 0 aliphatic heterocycles. The van der Waals surface area contributed by atoms with E-state index in [1.807, 2.05) is 0 Å². The summed E-state index contributed by atoms with van der Waals surface area (Å²) >= 11 is 0. The molecule has 0 aromatic heterocycles. The zero-order valence-electron chi connectivity index (χ0n) is 11.4. The molecular weight excluding hydrogens is 282 g/mol. The molecule has 1 aromatic carbocycles. The van der Waals surface area contributed by atoms with Gasteiger partial charge in [-0.3, -0.25) is 0 Å². The van der Waals surface area contributed by atoms with E-state index in [0.717, 1.165) is 4.31 Å². The van der Waals surface area contributed by atoms with E-state index < -0.39 is 16.0 Å². The summed E-state index contributed by atoms with van der Waals surface area (Å²) in [5.74, 6) is 4.09. The number of methoxy groups -OCH3 is 1. The molecule has 0 fully saturated rings. The van der Waals surface area contributed by atoms with Gasteiger partial charge in [-0.05, 0) is 25.1 Å². The largest absolute Gasteiger partial charge is 0.495 e. The Kier molecular flexibility index (Phi) is 5.13. The van der Waals surface area contributed by atoms with Crippen molar-refractivity contribution in [3.05, 3.63) is 23.8 Å². The fraction of sp³-hybridized carbons (Fsp3) is 0.308. The molecule has 0 heterocycles. The summed E-state index contributed by atoms with van der Waals surface area (Å²) in [5, 5.41) is 8.89. The highest BCUT2D eigenvalue weighted by atomic mass is 32.2. The lowest BCUT2D eigenvalue weighted by Crippen LogP contribution is -2.27. The van der Waals surface area contributed by atoms with Gasteiger partial charge >= 0.3 is 5.97 Å². The molecule has 108 valence electrons. The van der Waals surface area contributed by atoms with Gasteiger partial charge in [-0.1, -0.05) is 5.92 Å². The van der Waals surface area contributed by atoms with Crippen LogP contribution in [0, 0.1) is 11.8 Å². The van der Waals surface area contributed by atoms with Crippen molar-refractivity contribution in [3.8, 4) is 17.6 Å². The Balaban J connectivity index is 3.30. The van der Waals surface area contributed by atoms with Crippen LogP contribution in [0.4, 0.5) is 0 Å². The molecule has 0 radical (unpaired) electrons. The van der Waals surface area contributed by atoms with Crippen LogP contribution in [0.1, 0.15) is 17.3 Å². The van der Waals surface area contributed by atoms with Gasteiger partial charge < -0.3 is 9.84 Å². The number of rotatable bonds is 5. The summed E-state index contributed by atoms with van der Waals surface area (Å²) in [5.41, 5.74) is -0.0446. The Morgan fingerprint density at radius 2 is 2.10 bits per heavy atom. The van der Waals surface area contributed by atoms with Gasteiger partial charge in [0.15, 0.2) is 0 Å². The van der Waals surface area contributed by atoms with Crippen LogP contribution in [-0.4, -0.2) is 44.5 Å². The molecule has 0 amide bonds. The zero-order valence-corrected chi connectivity index (χ0v) is 12.2. The number of sulfonamides is 1. The predicted molar refractivity (Wildman–Crippen MR) is 73.2 cm³/mol. The van der Waals surface area contributed by atoms with Crippen molar-refractivity contribution in [2.45, 2.75) is 11.8 Å². The first kappa shape index (κ1) is 16.0. The van der Waals surface area contributed by atoms with Gasteiger partial charge in [0.05, 0.1) is 19.2 Å².